The Balaban J connectivity index is 1.04. The van der Waals surface area contributed by atoms with Gasteiger partial charge in [-0.3, -0.25) is 19.5 Å². The lowest BCUT2D eigenvalue weighted by Crippen LogP contribution is -2.40. The summed E-state index contributed by atoms with van der Waals surface area (Å²) in [5, 5.41) is 12.9. The number of carboxylic acid groups (broad SMARTS) is 1. The zero-order valence-corrected chi connectivity index (χ0v) is 40.0. The van der Waals surface area contributed by atoms with Crippen molar-refractivity contribution in [2.24, 2.45) is 4.99 Å². The number of nitrogens with one attached hydrogen (secondary N) is 1. The minimum Gasteiger partial charge on any atom is -0.493 e. The molecule has 2 N–H and O–H groups in total. The van der Waals surface area contributed by atoms with Crippen molar-refractivity contribution in [3.63, 3.8) is 0 Å². The highest BCUT2D eigenvalue weighted by atomic mass is 16.5. The average molecular weight is 942 g/mol. The van der Waals surface area contributed by atoms with E-state index in [1.807, 2.05) is 78.8 Å². The molecule has 3 heterocycles. The molecule has 0 radical (unpaired) electrons. The first kappa shape index (κ1) is 48.9. The smallest absolute Gasteiger partial charge is 0.303 e. The number of aliphatic carboxylic acids is 1. The predicted molar refractivity (Wildman–Crippen MR) is 268 cm³/mol. The van der Waals surface area contributed by atoms with E-state index in [1.165, 1.54) is 5.56 Å². The SMILES string of the molecule is C=C(c1cc(OC)c(OCc2cc(COC3C=C4N=C[C@@H]5Cc6ccccc6N5C(=O)C4=CC3OC)cc(N(CCCC(=O)O)CCOCCOCCOC)c2)cc1NC)N1CCc2ccccc21. The Morgan fingerprint density at radius 1 is 0.855 bits per heavy atom. The fraction of sp³-hybridized carbons (Fsp3) is 0.389. The van der Waals surface area contributed by atoms with Crippen LogP contribution < -0.4 is 29.5 Å². The summed E-state index contributed by atoms with van der Waals surface area (Å²) in [7, 11) is 6.74. The standard InChI is InChI=1S/C54H63N5O10/c1-36(58-18-16-39-11-6-8-13-47(39)58)43-29-49(64-4)51(31-45(43)55-2)68-34-37-25-38(27-41(26-37)57(17-10-15-53(60)61)19-20-66-23-24-67-22-21-63-3)35-69-52-32-46-44(30-50(52)65-5)54(62)59-42(33-56-46)28-40-12-7-9-14-48(40)59/h6-9,11-14,25-27,29-33,42,50,52,55H,1,10,15-24,28,34-35H2,2-5H3,(H,60,61)/t42-,50?,52?/m0/s1. The quantitative estimate of drug-likeness (QED) is 0.0633. The summed E-state index contributed by atoms with van der Waals surface area (Å²) in [6.07, 6.45) is 6.52. The fourth-order valence-electron chi connectivity index (χ4n) is 9.33. The fourth-order valence-corrected chi connectivity index (χ4v) is 9.33. The summed E-state index contributed by atoms with van der Waals surface area (Å²) in [5.74, 6) is 0.127. The number of aliphatic imine (C=N–C) groups is 1. The first-order valence-corrected chi connectivity index (χ1v) is 23.5. The third-order valence-corrected chi connectivity index (χ3v) is 12.8. The van der Waals surface area contributed by atoms with Crippen LogP contribution in [0, 0.1) is 0 Å². The molecule has 4 aromatic carbocycles. The molecule has 1 amide bonds. The number of amides is 1. The van der Waals surface area contributed by atoms with Gasteiger partial charge in [-0.1, -0.05) is 43.0 Å². The number of anilines is 4. The third kappa shape index (κ3) is 11.5. The van der Waals surface area contributed by atoms with Gasteiger partial charge in [-0.15, -0.1) is 0 Å². The first-order chi connectivity index (χ1) is 33.7. The van der Waals surface area contributed by atoms with Crippen molar-refractivity contribution < 1.29 is 47.9 Å². The zero-order chi connectivity index (χ0) is 48.3. The zero-order valence-electron chi connectivity index (χ0n) is 40.0. The van der Waals surface area contributed by atoms with E-state index in [1.54, 1.807) is 21.3 Å². The van der Waals surface area contributed by atoms with Gasteiger partial charge in [0.15, 0.2) is 11.5 Å². The van der Waals surface area contributed by atoms with Crippen LogP contribution in [0.4, 0.5) is 22.7 Å². The molecule has 69 heavy (non-hydrogen) atoms. The van der Waals surface area contributed by atoms with E-state index in [4.69, 9.17) is 38.2 Å². The van der Waals surface area contributed by atoms with Crippen LogP contribution in [0.2, 0.25) is 0 Å². The third-order valence-electron chi connectivity index (χ3n) is 12.8. The lowest BCUT2D eigenvalue weighted by Gasteiger charge is -2.29. The molecule has 8 rings (SSSR count). The molecule has 0 saturated heterocycles. The average Bonchev–Trinajstić information content (AvgIpc) is 3.94. The van der Waals surface area contributed by atoms with Gasteiger partial charge in [-0.2, -0.15) is 0 Å². The first-order valence-electron chi connectivity index (χ1n) is 23.5. The molecule has 0 bridgehead atoms. The largest absolute Gasteiger partial charge is 0.493 e. The normalized spacial score (nSPS) is 17.9. The van der Waals surface area contributed by atoms with Crippen LogP contribution in [-0.4, -0.2) is 122 Å². The van der Waals surface area contributed by atoms with E-state index in [0.29, 0.717) is 81.7 Å². The number of benzene rings is 4. The van der Waals surface area contributed by atoms with Gasteiger partial charge in [0.2, 0.25) is 0 Å². The molecule has 1 aliphatic carbocycles. The molecular formula is C54H63N5O10. The van der Waals surface area contributed by atoms with Crippen LogP contribution >= 0.6 is 0 Å². The molecule has 4 aromatic rings. The Labute approximate surface area is 404 Å². The van der Waals surface area contributed by atoms with Crippen LogP contribution in [0.5, 0.6) is 11.5 Å². The molecule has 0 saturated carbocycles. The Hall–Kier alpha value is -6.49. The number of hydrogen-bond donors (Lipinski definition) is 2. The van der Waals surface area contributed by atoms with Crippen molar-refractivity contribution >= 4 is 46.5 Å². The number of fused-ring (bicyclic) bond motifs is 5. The van der Waals surface area contributed by atoms with Gasteiger partial charge in [0, 0.05) is 100 Å². The van der Waals surface area contributed by atoms with Crippen LogP contribution in [0.1, 0.15) is 40.7 Å². The molecular weight excluding hydrogens is 879 g/mol. The number of carbonyl (C=O) groups excluding carboxylic acids is 1. The van der Waals surface area contributed by atoms with Crippen LogP contribution in [0.25, 0.3) is 5.70 Å². The summed E-state index contributed by atoms with van der Waals surface area (Å²) in [4.78, 5) is 36.8. The molecule has 0 aromatic heterocycles. The Morgan fingerprint density at radius 3 is 2.35 bits per heavy atom. The van der Waals surface area contributed by atoms with E-state index in [9.17, 15) is 14.7 Å². The van der Waals surface area contributed by atoms with Crippen molar-refractivity contribution in [1.29, 1.82) is 0 Å². The highest BCUT2D eigenvalue weighted by Crippen LogP contribution is 2.42. The maximum absolute atomic E-state index is 14.1. The molecule has 0 spiro atoms. The Morgan fingerprint density at radius 2 is 1.59 bits per heavy atom. The van der Waals surface area contributed by atoms with E-state index in [0.717, 1.165) is 63.7 Å². The van der Waals surface area contributed by atoms with Gasteiger partial charge >= 0.3 is 5.97 Å². The maximum Gasteiger partial charge on any atom is 0.303 e. The van der Waals surface area contributed by atoms with E-state index >= 15 is 0 Å². The molecule has 3 atom stereocenters. The van der Waals surface area contributed by atoms with Crippen LogP contribution in [0.15, 0.2) is 114 Å². The second-order valence-corrected chi connectivity index (χ2v) is 17.2. The highest BCUT2D eigenvalue weighted by molar-refractivity contribution is 6.13. The molecule has 364 valence electrons. The number of hydrogen-bond acceptors (Lipinski definition) is 13. The van der Waals surface area contributed by atoms with Crippen LogP contribution in [0.3, 0.4) is 0 Å². The molecule has 3 aliphatic heterocycles. The number of carboxylic acids is 1. The summed E-state index contributed by atoms with van der Waals surface area (Å²) < 4.78 is 41.8. The second kappa shape index (κ2) is 23.2. The van der Waals surface area contributed by atoms with Crippen molar-refractivity contribution in [2.75, 3.05) is 101 Å². The maximum atomic E-state index is 14.1. The van der Waals surface area contributed by atoms with Crippen LogP contribution in [-0.2, 0) is 59.3 Å². The number of para-hydroxylation sites is 2. The summed E-state index contributed by atoms with van der Waals surface area (Å²) in [6.45, 7) is 8.89. The molecule has 4 aliphatic rings. The Bertz CT molecular complexity index is 2580. The van der Waals surface area contributed by atoms with Crippen molar-refractivity contribution in [3.05, 3.63) is 137 Å². The lowest BCUT2D eigenvalue weighted by molar-refractivity contribution is -0.137. The van der Waals surface area contributed by atoms with Crippen molar-refractivity contribution in [1.82, 2.24) is 0 Å². The van der Waals surface area contributed by atoms with Gasteiger partial charge < -0.3 is 53.4 Å². The van der Waals surface area contributed by atoms with Crippen molar-refractivity contribution in [3.8, 4) is 11.5 Å². The van der Waals surface area contributed by atoms with Gasteiger partial charge in [0.05, 0.1) is 64.1 Å². The van der Waals surface area contributed by atoms with E-state index in [-0.39, 0.29) is 31.6 Å². The predicted octanol–water partition coefficient (Wildman–Crippen LogP) is 7.47. The topological polar surface area (TPSA) is 153 Å². The summed E-state index contributed by atoms with van der Waals surface area (Å²) in [5.41, 5.74) is 10.6. The molecule has 15 heteroatoms. The van der Waals surface area contributed by atoms with Gasteiger partial charge in [-0.05, 0) is 83.6 Å². The highest BCUT2D eigenvalue weighted by Gasteiger charge is 2.39. The minimum absolute atomic E-state index is 0.0179. The molecule has 15 nitrogen and oxygen atoms in total. The summed E-state index contributed by atoms with van der Waals surface area (Å²) in [6, 6.07) is 26.2. The van der Waals surface area contributed by atoms with Gasteiger partial charge in [0.1, 0.15) is 18.8 Å². The van der Waals surface area contributed by atoms with E-state index < -0.39 is 18.2 Å². The Kier molecular flexibility index (Phi) is 16.5. The lowest BCUT2D eigenvalue weighted by atomic mass is 9.97. The number of methoxy groups -OCH3 is 3. The number of rotatable bonds is 25. The van der Waals surface area contributed by atoms with Crippen molar-refractivity contribution in [2.45, 2.75) is 57.1 Å². The summed E-state index contributed by atoms with van der Waals surface area (Å²) >= 11 is 0. The molecule has 0 fully saturated rings. The number of carbonyl (C=O) groups is 2. The second-order valence-electron chi connectivity index (χ2n) is 17.2. The number of ether oxygens (including phenoxy) is 7. The van der Waals surface area contributed by atoms with E-state index in [2.05, 4.69) is 52.0 Å². The van der Waals surface area contributed by atoms with Gasteiger partial charge in [-0.25, -0.2) is 0 Å². The monoisotopic (exact) mass is 941 g/mol. The minimum atomic E-state index is -0.859. The molecule has 2 unspecified atom stereocenters. The number of nitrogens with zero attached hydrogens (tertiary/aromatic N) is 4. The van der Waals surface area contributed by atoms with Gasteiger partial charge in [0.25, 0.3) is 5.91 Å².